The van der Waals surface area contributed by atoms with E-state index in [1.807, 2.05) is 0 Å². The van der Waals surface area contributed by atoms with Crippen molar-refractivity contribution in [2.45, 2.75) is 135 Å². The lowest BCUT2D eigenvalue weighted by Crippen LogP contribution is -2.43. The number of amides is 1. The Morgan fingerprint density at radius 3 is 2.34 bits per heavy atom. The van der Waals surface area contributed by atoms with E-state index in [4.69, 9.17) is 20.6 Å². The molecule has 0 bridgehead atoms. The molecule has 244 valence electrons. The van der Waals surface area contributed by atoms with E-state index in [2.05, 4.69) is 40.0 Å². The van der Waals surface area contributed by atoms with Crippen molar-refractivity contribution in [1.29, 1.82) is 0 Å². The summed E-state index contributed by atoms with van der Waals surface area (Å²) in [4.78, 5) is 36.4. The van der Waals surface area contributed by atoms with E-state index in [1.165, 1.54) is 55.8 Å². The van der Waals surface area contributed by atoms with E-state index in [1.54, 1.807) is 0 Å². The molecule has 2 aromatic heterocycles. The Hall–Kier alpha value is -3.30. The van der Waals surface area contributed by atoms with Gasteiger partial charge >= 0.3 is 12.2 Å². The third-order valence-corrected chi connectivity index (χ3v) is 7.90. The highest BCUT2D eigenvalue weighted by Gasteiger charge is 2.49. The number of fused-ring (bicyclic) bond motifs is 1. The molecule has 0 aliphatic carbocycles. The Labute approximate surface area is 259 Å². The summed E-state index contributed by atoms with van der Waals surface area (Å²) in [5, 5.41) is 13.4. The molecule has 1 aliphatic rings. The van der Waals surface area contributed by atoms with Crippen LogP contribution in [0.1, 0.15) is 123 Å². The number of aliphatic hydroxyl groups excluding tert-OH is 1. The molecule has 12 heteroatoms. The number of hydrogen-bond acceptors (Lipinski definition) is 9. The molecule has 0 saturated carbocycles. The van der Waals surface area contributed by atoms with Crippen molar-refractivity contribution in [1.82, 2.24) is 19.5 Å². The van der Waals surface area contributed by atoms with Gasteiger partial charge in [0, 0.05) is 12.8 Å². The van der Waals surface area contributed by atoms with Crippen LogP contribution in [0.3, 0.4) is 0 Å². The van der Waals surface area contributed by atoms with E-state index >= 15 is 0 Å². The van der Waals surface area contributed by atoms with Crippen molar-refractivity contribution in [3.63, 3.8) is 0 Å². The fourth-order valence-corrected chi connectivity index (χ4v) is 5.27. The number of carbonyl (C=O) groups is 2. The zero-order valence-corrected chi connectivity index (χ0v) is 26.2. The van der Waals surface area contributed by atoms with Gasteiger partial charge in [-0.3, -0.25) is 9.36 Å². The number of hydrogen-bond donors (Lipinski definition) is 2. The monoisotopic (exact) mass is 617 g/mol. The van der Waals surface area contributed by atoms with Crippen LogP contribution in [-0.2, 0) is 19.0 Å². The topological polar surface area (TPSA) is 138 Å². The summed E-state index contributed by atoms with van der Waals surface area (Å²) in [6, 6.07) is 0. The smallest absolute Gasteiger partial charge is 0.434 e. The third-order valence-electron chi connectivity index (χ3n) is 7.90. The molecule has 0 radical (unpaired) electrons. The number of nitrogens with one attached hydrogen (secondary N) is 1. The molecule has 0 aromatic carbocycles. The van der Waals surface area contributed by atoms with Crippen LogP contribution in [0.2, 0.25) is 0 Å². The fraction of sp³-hybridized carbons (Fsp3) is 0.719. The predicted molar refractivity (Wildman–Crippen MR) is 164 cm³/mol. The number of aromatic nitrogens is 4. The quantitative estimate of drug-likeness (QED) is 0.0728. The second kappa shape index (κ2) is 18.5. The number of ether oxygens (including phenoxy) is 3. The van der Waals surface area contributed by atoms with Gasteiger partial charge in [0.05, 0.1) is 12.9 Å². The summed E-state index contributed by atoms with van der Waals surface area (Å²) < 4.78 is 32.2. The summed E-state index contributed by atoms with van der Waals surface area (Å²) in [5.41, 5.74) is -1.43. The average molecular weight is 618 g/mol. The van der Waals surface area contributed by atoms with Crippen LogP contribution < -0.4 is 5.32 Å². The number of unbranched alkanes of at least 4 members (excludes halogenated alkanes) is 12. The van der Waals surface area contributed by atoms with Crippen molar-refractivity contribution in [2.75, 3.05) is 18.5 Å². The molecule has 1 aliphatic heterocycles. The first kappa shape index (κ1) is 35.2. The number of halogens is 1. The van der Waals surface area contributed by atoms with Crippen molar-refractivity contribution < 1.29 is 33.3 Å². The lowest BCUT2D eigenvalue weighted by Gasteiger charge is -2.25. The summed E-state index contributed by atoms with van der Waals surface area (Å²) >= 11 is 0. The molecular formula is C32H48FN5O6. The summed E-state index contributed by atoms with van der Waals surface area (Å²) in [7, 11) is 0. The highest BCUT2D eigenvalue weighted by Crippen LogP contribution is 2.38. The van der Waals surface area contributed by atoms with E-state index < -0.39 is 36.8 Å². The Bertz CT molecular complexity index is 1230. The Kier molecular flexibility index (Phi) is 14.8. The first-order chi connectivity index (χ1) is 21.3. The van der Waals surface area contributed by atoms with E-state index in [9.17, 15) is 19.1 Å². The van der Waals surface area contributed by atoms with Crippen LogP contribution >= 0.6 is 0 Å². The van der Waals surface area contributed by atoms with Crippen molar-refractivity contribution >= 4 is 29.0 Å². The highest BCUT2D eigenvalue weighted by atomic mass is 19.1. The fourth-order valence-electron chi connectivity index (χ4n) is 5.27. The molecule has 0 unspecified atom stereocenters. The normalized spacial score (nSPS) is 19.6. The zero-order chi connectivity index (χ0) is 31.8. The maximum atomic E-state index is 14.4. The molecule has 1 saturated heterocycles. The molecule has 0 spiro atoms. The van der Waals surface area contributed by atoms with Crippen LogP contribution in [0.25, 0.3) is 11.2 Å². The summed E-state index contributed by atoms with van der Waals surface area (Å²) in [5.74, 6) is 2.06. The predicted octanol–water partition coefficient (Wildman–Crippen LogP) is 6.60. The van der Waals surface area contributed by atoms with Crippen molar-refractivity contribution in [2.24, 2.45) is 0 Å². The van der Waals surface area contributed by atoms with Gasteiger partial charge < -0.3 is 24.6 Å². The lowest BCUT2D eigenvalue weighted by molar-refractivity contribution is -0.116. The highest BCUT2D eigenvalue weighted by molar-refractivity contribution is 5.96. The van der Waals surface area contributed by atoms with Gasteiger partial charge in [0.1, 0.15) is 18.9 Å². The average Bonchev–Trinajstić information content (AvgIpc) is 3.58. The molecule has 2 N–H and O–H groups in total. The van der Waals surface area contributed by atoms with E-state index in [0.29, 0.717) is 6.42 Å². The number of carbonyl (C=O) groups excluding carboxylic acids is 2. The largest absolute Gasteiger partial charge is 0.508 e. The minimum Gasteiger partial charge on any atom is -0.434 e. The molecule has 11 nitrogen and oxygen atoms in total. The maximum absolute atomic E-state index is 14.4. The van der Waals surface area contributed by atoms with Gasteiger partial charge in [0.25, 0.3) is 0 Å². The molecule has 1 fully saturated rings. The van der Waals surface area contributed by atoms with Crippen molar-refractivity contribution in [3.8, 4) is 12.3 Å². The van der Waals surface area contributed by atoms with Crippen LogP contribution in [-0.4, -0.2) is 61.6 Å². The third kappa shape index (κ3) is 10.4. The Balaban J connectivity index is 1.48. The number of anilines is 1. The molecule has 3 rings (SSSR count). The molecule has 1 amide bonds. The van der Waals surface area contributed by atoms with Crippen LogP contribution in [0.5, 0.6) is 0 Å². The number of rotatable bonds is 20. The second-order valence-corrected chi connectivity index (χ2v) is 11.5. The molecular weight excluding hydrogens is 569 g/mol. The van der Waals surface area contributed by atoms with Gasteiger partial charge in [-0.1, -0.05) is 96.8 Å². The number of nitrogens with zero attached hydrogens (tertiary/aromatic N) is 4. The van der Waals surface area contributed by atoms with Gasteiger partial charge in [-0.2, -0.15) is 14.4 Å². The molecule has 2 aromatic rings. The first-order valence-corrected chi connectivity index (χ1v) is 16.2. The number of aliphatic hydroxyl groups is 1. The molecule has 44 heavy (non-hydrogen) atoms. The van der Waals surface area contributed by atoms with Gasteiger partial charge in [-0.15, -0.1) is 6.42 Å². The Morgan fingerprint density at radius 1 is 1.05 bits per heavy atom. The standard InChI is InChI=1S/C32H48FN5O6/c1-4-7-9-11-12-13-14-15-16-18-20-42-31(41)43-22-32(6-3)24(39)21-26(44-32)38-23-34-27-28(36-30(33)37-29(27)38)35-25(40)19-17-10-8-5-2/h3,23-24,26,39H,4-5,7-22H2,1-2H3,(H,35,36,37,40)/t24-,26+,32+/m0/s1. The van der Waals surface area contributed by atoms with Crippen LogP contribution in [0.15, 0.2) is 6.33 Å². The SMILES string of the molecule is C#C[C@]1(COC(=O)OCCCCCCCCCCCC)O[C@@H](n2cnc3c(NC(=O)CCCCCC)nc(F)nc32)C[C@@H]1O. The second-order valence-electron chi connectivity index (χ2n) is 11.5. The van der Waals surface area contributed by atoms with Crippen LogP contribution in [0, 0.1) is 18.4 Å². The zero-order valence-electron chi connectivity index (χ0n) is 26.2. The number of imidazole rings is 1. The number of terminal acetylenes is 1. The minimum absolute atomic E-state index is 0.00257. The van der Waals surface area contributed by atoms with E-state index in [-0.39, 0.29) is 42.3 Å². The van der Waals surface area contributed by atoms with Crippen LogP contribution in [0.4, 0.5) is 15.0 Å². The summed E-state index contributed by atoms with van der Waals surface area (Å²) in [6.45, 7) is 4.09. The lowest BCUT2D eigenvalue weighted by atomic mass is 9.99. The molecule has 3 heterocycles. The maximum Gasteiger partial charge on any atom is 0.508 e. The van der Waals surface area contributed by atoms with Gasteiger partial charge in [-0.05, 0) is 12.8 Å². The molecule has 3 atom stereocenters. The van der Waals surface area contributed by atoms with Gasteiger partial charge in [0.2, 0.25) is 5.91 Å². The van der Waals surface area contributed by atoms with Gasteiger partial charge in [0.15, 0.2) is 22.6 Å². The summed E-state index contributed by atoms with van der Waals surface area (Å²) in [6.07, 6.45) is 18.6. The first-order valence-electron chi connectivity index (χ1n) is 16.2. The Morgan fingerprint density at radius 2 is 1.68 bits per heavy atom. The minimum atomic E-state index is -1.65. The van der Waals surface area contributed by atoms with E-state index in [0.717, 1.165) is 38.5 Å². The van der Waals surface area contributed by atoms with Gasteiger partial charge in [-0.25, -0.2) is 9.78 Å². The van der Waals surface area contributed by atoms with Crippen molar-refractivity contribution in [3.05, 3.63) is 12.4 Å².